The van der Waals surface area contributed by atoms with Crippen LogP contribution in [0.3, 0.4) is 0 Å². The Morgan fingerprint density at radius 1 is 1.09 bits per heavy atom. The van der Waals surface area contributed by atoms with Crippen LogP contribution < -0.4 is 9.64 Å². The topological polar surface area (TPSA) is 38.8 Å². The number of anilines is 1. The van der Waals surface area contributed by atoms with Gasteiger partial charge in [-0.25, -0.2) is 4.79 Å². The zero-order chi connectivity index (χ0) is 15.8. The van der Waals surface area contributed by atoms with Crippen molar-refractivity contribution >= 4 is 11.7 Å². The van der Waals surface area contributed by atoms with Crippen LogP contribution in [0.5, 0.6) is 5.75 Å². The highest BCUT2D eigenvalue weighted by Crippen LogP contribution is 2.14. The van der Waals surface area contributed by atoms with E-state index in [-0.39, 0.29) is 5.97 Å². The molecule has 22 heavy (non-hydrogen) atoms. The summed E-state index contributed by atoms with van der Waals surface area (Å²) >= 11 is 0. The van der Waals surface area contributed by atoms with Crippen LogP contribution >= 0.6 is 0 Å². The molecule has 0 fully saturated rings. The molecule has 0 heterocycles. The van der Waals surface area contributed by atoms with Crippen molar-refractivity contribution in [1.82, 2.24) is 0 Å². The van der Waals surface area contributed by atoms with Gasteiger partial charge in [-0.3, -0.25) is 0 Å². The van der Waals surface area contributed by atoms with Crippen LogP contribution in [0.1, 0.15) is 17.3 Å². The number of benzene rings is 2. The predicted octanol–water partition coefficient (Wildman–Crippen LogP) is 3.38. The normalized spacial score (nSPS) is 10.1. The van der Waals surface area contributed by atoms with Gasteiger partial charge in [0.05, 0.1) is 19.2 Å². The van der Waals surface area contributed by atoms with Crippen LogP contribution in [0.25, 0.3) is 0 Å². The molecule has 2 rings (SSSR count). The summed E-state index contributed by atoms with van der Waals surface area (Å²) in [5, 5.41) is 0. The SMILES string of the molecule is CCN(CCOC(=O)c1cccc(OC)c1)c1ccccc1. The highest BCUT2D eigenvalue weighted by Gasteiger charge is 2.09. The predicted molar refractivity (Wildman–Crippen MR) is 87.6 cm³/mol. The summed E-state index contributed by atoms with van der Waals surface area (Å²) in [7, 11) is 1.57. The molecule has 0 unspecified atom stereocenters. The molecular formula is C18H21NO3. The molecule has 2 aromatic rings. The Kier molecular flexibility index (Phi) is 5.83. The molecule has 2 aromatic carbocycles. The van der Waals surface area contributed by atoms with Crippen molar-refractivity contribution in [2.75, 3.05) is 31.7 Å². The summed E-state index contributed by atoms with van der Waals surface area (Å²) in [6.45, 7) is 3.95. The monoisotopic (exact) mass is 299 g/mol. The third-order valence-electron chi connectivity index (χ3n) is 3.40. The van der Waals surface area contributed by atoms with Gasteiger partial charge >= 0.3 is 5.97 Å². The molecule has 4 nitrogen and oxygen atoms in total. The Morgan fingerprint density at radius 2 is 1.86 bits per heavy atom. The van der Waals surface area contributed by atoms with E-state index in [1.54, 1.807) is 31.4 Å². The number of ether oxygens (including phenoxy) is 2. The number of carbonyl (C=O) groups excluding carboxylic acids is 1. The van der Waals surface area contributed by atoms with Crippen LogP contribution in [0.15, 0.2) is 54.6 Å². The van der Waals surface area contributed by atoms with Gasteiger partial charge in [0.2, 0.25) is 0 Å². The van der Waals surface area contributed by atoms with Gasteiger partial charge < -0.3 is 14.4 Å². The van der Waals surface area contributed by atoms with Gasteiger partial charge in [0.25, 0.3) is 0 Å². The minimum Gasteiger partial charge on any atom is -0.497 e. The van der Waals surface area contributed by atoms with E-state index in [2.05, 4.69) is 11.8 Å². The molecule has 0 amide bonds. The number of hydrogen-bond donors (Lipinski definition) is 0. The Bertz CT molecular complexity index is 598. The van der Waals surface area contributed by atoms with E-state index in [0.717, 1.165) is 12.2 Å². The third-order valence-corrected chi connectivity index (χ3v) is 3.40. The first-order valence-electron chi connectivity index (χ1n) is 7.35. The summed E-state index contributed by atoms with van der Waals surface area (Å²) in [5.41, 5.74) is 1.63. The van der Waals surface area contributed by atoms with E-state index in [1.165, 1.54) is 0 Å². The molecule has 0 aliphatic heterocycles. The van der Waals surface area contributed by atoms with Gasteiger partial charge in [0.1, 0.15) is 12.4 Å². The summed E-state index contributed by atoms with van der Waals surface area (Å²) in [4.78, 5) is 14.2. The van der Waals surface area contributed by atoms with Gasteiger partial charge in [-0.1, -0.05) is 24.3 Å². The van der Waals surface area contributed by atoms with E-state index < -0.39 is 0 Å². The maximum atomic E-state index is 12.0. The molecule has 0 bridgehead atoms. The van der Waals surface area contributed by atoms with Crippen molar-refractivity contribution in [3.8, 4) is 5.75 Å². The van der Waals surface area contributed by atoms with Crippen molar-refractivity contribution in [2.45, 2.75) is 6.92 Å². The quantitative estimate of drug-likeness (QED) is 0.735. The first-order valence-corrected chi connectivity index (χ1v) is 7.35. The molecule has 0 spiro atoms. The smallest absolute Gasteiger partial charge is 0.338 e. The third kappa shape index (κ3) is 4.25. The second-order valence-electron chi connectivity index (χ2n) is 4.78. The number of likely N-dealkylation sites (N-methyl/N-ethyl adjacent to an activating group) is 1. The molecule has 0 atom stereocenters. The molecule has 0 aromatic heterocycles. The van der Waals surface area contributed by atoms with Gasteiger partial charge in [-0.2, -0.15) is 0 Å². The lowest BCUT2D eigenvalue weighted by Gasteiger charge is -2.22. The first kappa shape index (κ1) is 15.9. The summed E-state index contributed by atoms with van der Waals surface area (Å²) < 4.78 is 10.5. The Hall–Kier alpha value is -2.49. The van der Waals surface area contributed by atoms with Gasteiger partial charge in [0, 0.05) is 12.2 Å². The fourth-order valence-electron chi connectivity index (χ4n) is 2.19. The fraction of sp³-hybridized carbons (Fsp3) is 0.278. The molecule has 0 N–H and O–H groups in total. The Morgan fingerprint density at radius 3 is 2.55 bits per heavy atom. The largest absolute Gasteiger partial charge is 0.497 e. The number of rotatable bonds is 7. The zero-order valence-corrected chi connectivity index (χ0v) is 13.0. The molecule has 4 heteroatoms. The minimum absolute atomic E-state index is 0.331. The van der Waals surface area contributed by atoms with Crippen molar-refractivity contribution in [2.24, 2.45) is 0 Å². The second kappa shape index (κ2) is 8.08. The molecule has 0 saturated carbocycles. The van der Waals surface area contributed by atoms with Crippen molar-refractivity contribution in [1.29, 1.82) is 0 Å². The number of methoxy groups -OCH3 is 1. The summed E-state index contributed by atoms with van der Waals surface area (Å²) in [6, 6.07) is 17.1. The Balaban J connectivity index is 1.88. The van der Waals surface area contributed by atoms with Crippen LogP contribution in [-0.4, -0.2) is 32.8 Å². The van der Waals surface area contributed by atoms with Gasteiger partial charge in [-0.15, -0.1) is 0 Å². The number of esters is 1. The fourth-order valence-corrected chi connectivity index (χ4v) is 2.19. The van der Waals surface area contributed by atoms with E-state index in [4.69, 9.17) is 9.47 Å². The minimum atomic E-state index is -0.331. The molecule has 116 valence electrons. The number of hydrogen-bond acceptors (Lipinski definition) is 4. The number of para-hydroxylation sites is 1. The van der Waals surface area contributed by atoms with Gasteiger partial charge in [-0.05, 0) is 37.3 Å². The average molecular weight is 299 g/mol. The average Bonchev–Trinajstić information content (AvgIpc) is 2.59. The van der Waals surface area contributed by atoms with Crippen molar-refractivity contribution in [3.63, 3.8) is 0 Å². The van der Waals surface area contributed by atoms with Crippen LogP contribution in [-0.2, 0) is 4.74 Å². The van der Waals surface area contributed by atoms with E-state index in [9.17, 15) is 4.79 Å². The molecule has 0 radical (unpaired) electrons. The second-order valence-corrected chi connectivity index (χ2v) is 4.78. The van der Waals surface area contributed by atoms with Crippen LogP contribution in [0, 0.1) is 0 Å². The summed E-state index contributed by atoms with van der Waals surface area (Å²) in [5.74, 6) is 0.317. The maximum absolute atomic E-state index is 12.0. The Labute approximate surface area is 131 Å². The zero-order valence-electron chi connectivity index (χ0n) is 13.0. The van der Waals surface area contributed by atoms with Crippen LogP contribution in [0.4, 0.5) is 5.69 Å². The van der Waals surface area contributed by atoms with Crippen molar-refractivity contribution < 1.29 is 14.3 Å². The standard InChI is InChI=1S/C18H21NO3/c1-3-19(16-9-5-4-6-10-16)12-13-22-18(20)15-8-7-11-17(14-15)21-2/h4-11,14H,3,12-13H2,1-2H3. The molecular weight excluding hydrogens is 278 g/mol. The van der Waals surface area contributed by atoms with E-state index in [1.807, 2.05) is 30.3 Å². The summed E-state index contributed by atoms with van der Waals surface area (Å²) in [6.07, 6.45) is 0. The lowest BCUT2D eigenvalue weighted by Crippen LogP contribution is -2.27. The van der Waals surface area contributed by atoms with Gasteiger partial charge in [0.15, 0.2) is 0 Å². The lowest BCUT2D eigenvalue weighted by atomic mass is 10.2. The van der Waals surface area contributed by atoms with E-state index in [0.29, 0.717) is 24.5 Å². The highest BCUT2D eigenvalue weighted by molar-refractivity contribution is 5.89. The molecule has 0 saturated heterocycles. The molecule has 0 aliphatic carbocycles. The maximum Gasteiger partial charge on any atom is 0.338 e. The highest BCUT2D eigenvalue weighted by atomic mass is 16.5. The van der Waals surface area contributed by atoms with E-state index >= 15 is 0 Å². The van der Waals surface area contributed by atoms with Crippen molar-refractivity contribution in [3.05, 3.63) is 60.2 Å². The van der Waals surface area contributed by atoms with Crippen LogP contribution in [0.2, 0.25) is 0 Å². The number of carbonyl (C=O) groups is 1. The lowest BCUT2D eigenvalue weighted by molar-refractivity contribution is 0.0515. The number of nitrogens with zero attached hydrogens (tertiary/aromatic N) is 1. The first-order chi connectivity index (χ1) is 10.7. The molecule has 0 aliphatic rings.